The van der Waals surface area contributed by atoms with Gasteiger partial charge in [-0.1, -0.05) is 6.92 Å². The molecule has 0 radical (unpaired) electrons. The van der Waals surface area contributed by atoms with Crippen molar-refractivity contribution in [3.8, 4) is 17.2 Å². The molecule has 0 unspecified atom stereocenters. The quantitative estimate of drug-likeness (QED) is 0.565. The number of hydrogen-bond acceptors (Lipinski definition) is 5. The highest BCUT2D eigenvalue weighted by Gasteiger charge is 2.57. The first-order chi connectivity index (χ1) is 14.5. The van der Waals surface area contributed by atoms with E-state index in [0.717, 1.165) is 28.6 Å². The van der Waals surface area contributed by atoms with E-state index in [-0.39, 0.29) is 0 Å². The molecule has 1 aliphatic rings. The molecule has 1 amide bonds. The molecule has 0 aliphatic heterocycles. The van der Waals surface area contributed by atoms with Crippen LogP contribution in [0.15, 0.2) is 48.7 Å². The Hall–Kier alpha value is -3.61. The molecule has 1 aromatic heterocycles. The van der Waals surface area contributed by atoms with E-state index in [0.29, 0.717) is 30.0 Å². The number of methoxy groups -OCH3 is 1. The molecule has 4 rings (SSSR count). The standard InChI is InChI=1S/C23H22N2O5/c1-3-14-12-18-17(13-20(14)29-2)19(8-11-24-18)30-16-6-4-15(5-7-16)25-21(26)23(9-10-23)22(27)28/h4-8,11-13H,3,9-10H2,1-2H3,(H,25,26)(H,27,28). The number of anilines is 1. The first-order valence-corrected chi connectivity index (χ1v) is 9.75. The molecular formula is C23H22N2O5. The molecule has 0 bridgehead atoms. The zero-order valence-electron chi connectivity index (χ0n) is 16.8. The van der Waals surface area contributed by atoms with Gasteiger partial charge in [-0.25, -0.2) is 0 Å². The number of carboxylic acid groups (broad SMARTS) is 1. The number of carboxylic acids is 1. The number of nitrogens with one attached hydrogen (secondary N) is 1. The van der Waals surface area contributed by atoms with E-state index in [2.05, 4.69) is 17.2 Å². The Morgan fingerprint density at radius 1 is 1.13 bits per heavy atom. The number of aryl methyl sites for hydroxylation is 1. The molecule has 154 valence electrons. The number of aliphatic carboxylic acids is 1. The first-order valence-electron chi connectivity index (χ1n) is 9.75. The summed E-state index contributed by atoms with van der Waals surface area (Å²) in [6.07, 6.45) is 3.27. The maximum Gasteiger partial charge on any atom is 0.319 e. The fourth-order valence-electron chi connectivity index (χ4n) is 3.39. The predicted octanol–water partition coefficient (Wildman–Crippen LogP) is 4.40. The van der Waals surface area contributed by atoms with Gasteiger partial charge < -0.3 is 19.9 Å². The Kier molecular flexibility index (Phi) is 5.03. The van der Waals surface area contributed by atoms with Crippen molar-refractivity contribution < 1.29 is 24.2 Å². The van der Waals surface area contributed by atoms with E-state index in [1.807, 2.05) is 12.1 Å². The fraction of sp³-hybridized carbons (Fsp3) is 0.261. The summed E-state index contributed by atoms with van der Waals surface area (Å²) in [7, 11) is 1.64. The molecule has 7 nitrogen and oxygen atoms in total. The molecule has 1 heterocycles. The van der Waals surface area contributed by atoms with Gasteiger partial charge in [-0.3, -0.25) is 14.6 Å². The lowest BCUT2D eigenvalue weighted by Crippen LogP contribution is -2.31. The highest BCUT2D eigenvalue weighted by Crippen LogP contribution is 2.46. The Labute approximate surface area is 173 Å². The molecule has 30 heavy (non-hydrogen) atoms. The molecule has 1 fully saturated rings. The molecule has 2 N–H and O–H groups in total. The van der Waals surface area contributed by atoms with Gasteiger partial charge in [0.2, 0.25) is 5.91 Å². The molecule has 2 aromatic carbocycles. The second-order valence-corrected chi connectivity index (χ2v) is 7.31. The molecular weight excluding hydrogens is 384 g/mol. The highest BCUT2D eigenvalue weighted by atomic mass is 16.5. The Morgan fingerprint density at radius 3 is 2.47 bits per heavy atom. The molecule has 1 saturated carbocycles. The number of amides is 1. The van der Waals surface area contributed by atoms with Crippen molar-refractivity contribution in [3.63, 3.8) is 0 Å². The second-order valence-electron chi connectivity index (χ2n) is 7.31. The third-order valence-electron chi connectivity index (χ3n) is 5.42. The van der Waals surface area contributed by atoms with Gasteiger partial charge in [0.25, 0.3) is 0 Å². The average Bonchev–Trinajstić information content (AvgIpc) is 3.57. The number of benzene rings is 2. The number of fused-ring (bicyclic) bond motifs is 1. The predicted molar refractivity (Wildman–Crippen MR) is 112 cm³/mol. The Morgan fingerprint density at radius 2 is 1.87 bits per heavy atom. The summed E-state index contributed by atoms with van der Waals surface area (Å²) in [6, 6.07) is 12.5. The zero-order chi connectivity index (χ0) is 21.3. The molecule has 1 aliphatic carbocycles. The number of nitrogens with zero attached hydrogens (tertiary/aromatic N) is 1. The topological polar surface area (TPSA) is 97.8 Å². The normalized spacial score (nSPS) is 14.2. The van der Waals surface area contributed by atoms with Crippen molar-refractivity contribution in [3.05, 3.63) is 54.2 Å². The summed E-state index contributed by atoms with van der Waals surface area (Å²) in [5, 5.41) is 12.7. The summed E-state index contributed by atoms with van der Waals surface area (Å²) in [5.74, 6) is 0.445. The molecule has 0 spiro atoms. The third-order valence-corrected chi connectivity index (χ3v) is 5.42. The van der Waals surface area contributed by atoms with Crippen LogP contribution < -0.4 is 14.8 Å². The van der Waals surface area contributed by atoms with Gasteiger partial charge in [-0.05, 0) is 67.3 Å². The SMILES string of the molecule is CCc1cc2nccc(Oc3ccc(NC(=O)C4(C(=O)O)CC4)cc3)c2cc1OC. The molecule has 7 heteroatoms. The lowest BCUT2D eigenvalue weighted by atomic mass is 10.1. The summed E-state index contributed by atoms with van der Waals surface area (Å²) in [5.41, 5.74) is 1.14. The second kappa shape index (κ2) is 7.67. The van der Waals surface area contributed by atoms with E-state index in [1.54, 1.807) is 43.6 Å². The Balaban J connectivity index is 1.54. The van der Waals surface area contributed by atoms with Crippen LogP contribution in [-0.2, 0) is 16.0 Å². The number of ether oxygens (including phenoxy) is 2. The van der Waals surface area contributed by atoms with Crippen molar-refractivity contribution in [1.82, 2.24) is 4.98 Å². The molecule has 0 saturated heterocycles. The van der Waals surface area contributed by atoms with Crippen LogP contribution in [0.25, 0.3) is 10.9 Å². The van der Waals surface area contributed by atoms with E-state index in [9.17, 15) is 14.7 Å². The van der Waals surface area contributed by atoms with Crippen LogP contribution in [0.1, 0.15) is 25.3 Å². The van der Waals surface area contributed by atoms with Gasteiger partial charge in [0.1, 0.15) is 22.7 Å². The minimum Gasteiger partial charge on any atom is -0.496 e. The number of hydrogen-bond donors (Lipinski definition) is 2. The van der Waals surface area contributed by atoms with Crippen molar-refractivity contribution in [2.45, 2.75) is 26.2 Å². The number of rotatable bonds is 7. The van der Waals surface area contributed by atoms with E-state index >= 15 is 0 Å². The number of pyridine rings is 1. The average molecular weight is 406 g/mol. The number of carbonyl (C=O) groups excluding carboxylic acids is 1. The number of carbonyl (C=O) groups is 2. The van der Waals surface area contributed by atoms with Crippen LogP contribution in [0.4, 0.5) is 5.69 Å². The van der Waals surface area contributed by atoms with Crippen molar-refractivity contribution >= 4 is 28.5 Å². The van der Waals surface area contributed by atoms with Crippen LogP contribution in [0.5, 0.6) is 17.2 Å². The smallest absolute Gasteiger partial charge is 0.319 e. The van der Waals surface area contributed by atoms with Gasteiger partial charge in [-0.2, -0.15) is 0 Å². The minimum absolute atomic E-state index is 0.369. The minimum atomic E-state index is -1.28. The van der Waals surface area contributed by atoms with Gasteiger partial charge in [-0.15, -0.1) is 0 Å². The first kappa shape index (κ1) is 19.7. The monoisotopic (exact) mass is 406 g/mol. The van der Waals surface area contributed by atoms with Gasteiger partial charge >= 0.3 is 5.97 Å². The Bertz CT molecular complexity index is 1120. The summed E-state index contributed by atoms with van der Waals surface area (Å²) in [4.78, 5) is 27.9. The van der Waals surface area contributed by atoms with Crippen molar-refractivity contribution in [2.75, 3.05) is 12.4 Å². The van der Waals surface area contributed by atoms with Crippen LogP contribution in [0.3, 0.4) is 0 Å². The largest absolute Gasteiger partial charge is 0.496 e. The van der Waals surface area contributed by atoms with Crippen molar-refractivity contribution in [2.24, 2.45) is 5.41 Å². The fourth-order valence-corrected chi connectivity index (χ4v) is 3.39. The lowest BCUT2D eigenvalue weighted by Gasteiger charge is -2.13. The number of aromatic nitrogens is 1. The van der Waals surface area contributed by atoms with Crippen LogP contribution in [0.2, 0.25) is 0 Å². The van der Waals surface area contributed by atoms with E-state index < -0.39 is 17.3 Å². The van der Waals surface area contributed by atoms with Gasteiger partial charge in [0.05, 0.1) is 12.6 Å². The summed E-state index contributed by atoms with van der Waals surface area (Å²) in [6.45, 7) is 2.06. The van der Waals surface area contributed by atoms with E-state index in [4.69, 9.17) is 9.47 Å². The van der Waals surface area contributed by atoms with E-state index in [1.165, 1.54) is 0 Å². The summed E-state index contributed by atoms with van der Waals surface area (Å²) >= 11 is 0. The van der Waals surface area contributed by atoms with Crippen LogP contribution in [0, 0.1) is 5.41 Å². The van der Waals surface area contributed by atoms with Gasteiger partial charge in [0, 0.05) is 17.3 Å². The van der Waals surface area contributed by atoms with Crippen molar-refractivity contribution in [1.29, 1.82) is 0 Å². The van der Waals surface area contributed by atoms with Crippen LogP contribution in [-0.4, -0.2) is 29.1 Å². The molecule has 0 atom stereocenters. The summed E-state index contributed by atoms with van der Waals surface area (Å²) < 4.78 is 11.5. The highest BCUT2D eigenvalue weighted by molar-refractivity contribution is 6.10. The maximum absolute atomic E-state index is 12.2. The third kappa shape index (κ3) is 3.54. The van der Waals surface area contributed by atoms with Gasteiger partial charge in [0.15, 0.2) is 0 Å². The van der Waals surface area contributed by atoms with Crippen LogP contribution >= 0.6 is 0 Å². The molecule has 3 aromatic rings. The maximum atomic E-state index is 12.2. The lowest BCUT2D eigenvalue weighted by molar-refractivity contribution is -0.147. The zero-order valence-corrected chi connectivity index (χ0v) is 16.8.